The molecule has 0 aliphatic heterocycles. The second kappa shape index (κ2) is 13.5. The van der Waals surface area contributed by atoms with Crippen molar-refractivity contribution in [3.05, 3.63) is 230 Å². The van der Waals surface area contributed by atoms with Crippen molar-refractivity contribution in [3.63, 3.8) is 0 Å². The van der Waals surface area contributed by atoms with E-state index in [0.29, 0.717) is 0 Å². The maximum Gasteiger partial charge on any atom is 0.0626 e. The zero-order valence-electron chi connectivity index (χ0n) is 35.2. The van der Waals surface area contributed by atoms with Crippen LogP contribution >= 0.6 is 0 Å². The van der Waals surface area contributed by atoms with Crippen molar-refractivity contribution in [3.8, 4) is 61.3 Å². The first-order chi connectivity index (χ1) is 31.0. The largest absolute Gasteiger partial charge is 0.310 e. The molecule has 0 saturated carbocycles. The predicted molar refractivity (Wildman–Crippen MR) is 266 cm³/mol. The van der Waals surface area contributed by atoms with Crippen LogP contribution in [0.25, 0.3) is 93.9 Å². The maximum atomic E-state index is 2.52. The molecule has 2 heteroatoms. The first-order valence-electron chi connectivity index (χ1n) is 22.0. The van der Waals surface area contributed by atoms with E-state index < -0.39 is 0 Å². The van der Waals surface area contributed by atoms with Gasteiger partial charge in [0.15, 0.2) is 0 Å². The molecule has 1 aromatic heterocycles. The first kappa shape index (κ1) is 35.8. The van der Waals surface area contributed by atoms with E-state index >= 15 is 0 Å². The predicted octanol–water partition coefficient (Wildman–Crippen LogP) is 16.7. The molecule has 0 atom stereocenters. The van der Waals surface area contributed by atoms with E-state index in [2.05, 4.69) is 242 Å². The Morgan fingerprint density at radius 3 is 1.63 bits per heavy atom. The summed E-state index contributed by atoms with van der Waals surface area (Å²) in [5.74, 6) is 0. The third-order valence-corrected chi connectivity index (χ3v) is 13.9. The Labute approximate surface area is 367 Å². The molecule has 296 valence electrons. The van der Waals surface area contributed by atoms with Crippen molar-refractivity contribution in [2.24, 2.45) is 0 Å². The summed E-state index contributed by atoms with van der Waals surface area (Å²) < 4.78 is 2.52. The van der Waals surface area contributed by atoms with Crippen LogP contribution in [-0.4, -0.2) is 4.57 Å². The molecule has 11 aromatic rings. The fourth-order valence-electron chi connectivity index (χ4n) is 11.0. The first-order valence-corrected chi connectivity index (χ1v) is 22.0. The normalized spacial score (nSPS) is 13.0. The van der Waals surface area contributed by atoms with E-state index in [0.717, 1.165) is 22.7 Å². The van der Waals surface area contributed by atoms with E-state index in [1.54, 1.807) is 0 Å². The molecule has 2 aliphatic rings. The van der Waals surface area contributed by atoms with Gasteiger partial charge < -0.3 is 9.47 Å². The molecule has 2 nitrogen and oxygen atoms in total. The van der Waals surface area contributed by atoms with Gasteiger partial charge in [-0.2, -0.15) is 0 Å². The molecule has 63 heavy (non-hydrogen) atoms. The van der Waals surface area contributed by atoms with Gasteiger partial charge in [0.2, 0.25) is 0 Å². The maximum absolute atomic E-state index is 2.52. The molecule has 0 radical (unpaired) electrons. The highest BCUT2D eigenvalue weighted by molar-refractivity contribution is 6.32. The van der Waals surface area contributed by atoms with Crippen molar-refractivity contribution in [2.75, 3.05) is 4.90 Å². The summed E-state index contributed by atoms with van der Waals surface area (Å²) >= 11 is 0. The average Bonchev–Trinajstić information content (AvgIpc) is 3.76. The van der Waals surface area contributed by atoms with Crippen LogP contribution < -0.4 is 4.90 Å². The van der Waals surface area contributed by atoms with Crippen LogP contribution in [0.3, 0.4) is 0 Å². The fourth-order valence-corrected chi connectivity index (χ4v) is 11.0. The van der Waals surface area contributed by atoms with Crippen molar-refractivity contribution in [1.29, 1.82) is 0 Å². The van der Waals surface area contributed by atoms with Gasteiger partial charge in [0.25, 0.3) is 0 Å². The second-order valence-electron chi connectivity index (χ2n) is 17.7. The van der Waals surface area contributed by atoms with E-state index in [4.69, 9.17) is 0 Å². The van der Waals surface area contributed by atoms with Crippen molar-refractivity contribution >= 4 is 49.6 Å². The summed E-state index contributed by atoms with van der Waals surface area (Å²) in [6.45, 7) is 4.70. The molecular formula is C61H42N2. The van der Waals surface area contributed by atoms with Crippen LogP contribution in [0, 0.1) is 0 Å². The van der Waals surface area contributed by atoms with Crippen LogP contribution in [-0.2, 0) is 5.41 Å². The third kappa shape index (κ3) is 5.25. The monoisotopic (exact) mass is 802 g/mol. The summed E-state index contributed by atoms with van der Waals surface area (Å²) in [5, 5.41) is 5.22. The highest BCUT2D eigenvalue weighted by atomic mass is 15.1. The number of benzene rings is 10. The summed E-state index contributed by atoms with van der Waals surface area (Å²) in [6.07, 6.45) is 0. The van der Waals surface area contributed by atoms with E-state index in [-0.39, 0.29) is 5.41 Å². The Balaban J connectivity index is 0.936. The van der Waals surface area contributed by atoms with Crippen molar-refractivity contribution < 1.29 is 0 Å². The lowest BCUT2D eigenvalue weighted by Crippen LogP contribution is -2.16. The number of hydrogen-bond acceptors (Lipinski definition) is 1. The minimum Gasteiger partial charge on any atom is -0.310 e. The topological polar surface area (TPSA) is 8.17 Å². The molecule has 0 amide bonds. The van der Waals surface area contributed by atoms with E-state index in [9.17, 15) is 0 Å². The zero-order chi connectivity index (χ0) is 41.8. The molecule has 1 heterocycles. The molecule has 0 unspecified atom stereocenters. The minimum atomic E-state index is -0.0808. The summed E-state index contributed by atoms with van der Waals surface area (Å²) in [4.78, 5) is 2.38. The van der Waals surface area contributed by atoms with Gasteiger partial charge in [-0.15, -0.1) is 0 Å². The lowest BCUT2D eigenvalue weighted by Gasteiger charge is -2.28. The summed E-state index contributed by atoms with van der Waals surface area (Å²) in [7, 11) is 0. The molecule has 0 spiro atoms. The zero-order valence-corrected chi connectivity index (χ0v) is 35.2. The lowest BCUT2D eigenvalue weighted by molar-refractivity contribution is 0.660. The van der Waals surface area contributed by atoms with Crippen LogP contribution in [0.4, 0.5) is 17.1 Å². The smallest absolute Gasteiger partial charge is 0.0626 e. The number of anilines is 3. The van der Waals surface area contributed by atoms with Gasteiger partial charge in [0.05, 0.1) is 11.0 Å². The number of nitrogens with zero attached hydrogens (tertiary/aromatic N) is 2. The third-order valence-electron chi connectivity index (χ3n) is 13.9. The quantitative estimate of drug-likeness (QED) is 0.163. The fraction of sp³-hybridized carbons (Fsp3) is 0.0492. The lowest BCUT2D eigenvalue weighted by atomic mass is 9.82. The Bertz CT molecular complexity index is 3610. The van der Waals surface area contributed by atoms with E-state index in [1.165, 1.54) is 99.3 Å². The Morgan fingerprint density at radius 1 is 0.349 bits per heavy atom. The van der Waals surface area contributed by atoms with Crippen LogP contribution in [0.2, 0.25) is 0 Å². The molecule has 0 saturated heterocycles. The van der Waals surface area contributed by atoms with Gasteiger partial charge in [-0.05, 0) is 133 Å². The summed E-state index contributed by atoms with van der Waals surface area (Å²) in [6, 6.07) is 80.8. The average molecular weight is 803 g/mol. The minimum absolute atomic E-state index is 0.0808. The molecule has 13 rings (SSSR count). The Kier molecular flexibility index (Phi) is 7.68. The Hall–Kier alpha value is -7.94. The van der Waals surface area contributed by atoms with Crippen molar-refractivity contribution in [1.82, 2.24) is 4.57 Å². The molecule has 0 N–H and O–H groups in total. The number of aromatic nitrogens is 1. The second-order valence-corrected chi connectivity index (χ2v) is 17.7. The van der Waals surface area contributed by atoms with Gasteiger partial charge in [0, 0.05) is 44.5 Å². The number of rotatable bonds is 6. The molecule has 0 fully saturated rings. The van der Waals surface area contributed by atoms with Gasteiger partial charge >= 0.3 is 0 Å². The molecule has 10 aromatic carbocycles. The molecule has 2 aliphatic carbocycles. The van der Waals surface area contributed by atoms with Gasteiger partial charge in [-0.25, -0.2) is 0 Å². The van der Waals surface area contributed by atoms with Crippen LogP contribution in [0.5, 0.6) is 0 Å². The van der Waals surface area contributed by atoms with Crippen molar-refractivity contribution in [2.45, 2.75) is 19.3 Å². The standard InChI is InChI=1S/C61H42N2/c1-61(2)54-25-12-11-22-49(54)50-36-35-46(38-55(50)61)62(43-18-7-4-8-19-43)44-31-27-39(28-32-44)40-29-33-45(34-30-40)63-56-26-14-24-52-48-21-10-9-20-47(48)51-23-13-17-42-37-53(41-15-5-3-6-16-41)60(63)59(57(42)51)58(52)56/h3-38H,1-2H3. The van der Waals surface area contributed by atoms with E-state index in [1.807, 2.05) is 0 Å². The number of fused-ring (bicyclic) bond motifs is 6. The van der Waals surface area contributed by atoms with Gasteiger partial charge in [-0.1, -0.05) is 172 Å². The number of hydrogen-bond donors (Lipinski definition) is 0. The van der Waals surface area contributed by atoms with Crippen LogP contribution in [0.1, 0.15) is 25.0 Å². The SMILES string of the molecule is CC1(C)c2ccccc2-c2ccc(N(c3ccccc3)c3ccc(-c4ccc(-n5c6cccc7c6c6c8c(cccc8cc(-c8ccccc8)c65)-c5ccccc5-7)cc4)cc3)cc21. The van der Waals surface area contributed by atoms with Gasteiger partial charge in [0.1, 0.15) is 0 Å². The molecule has 0 bridgehead atoms. The van der Waals surface area contributed by atoms with Gasteiger partial charge in [-0.3, -0.25) is 0 Å². The highest BCUT2D eigenvalue weighted by Gasteiger charge is 2.36. The number of para-hydroxylation sites is 1. The summed E-state index contributed by atoms with van der Waals surface area (Å²) in [5.41, 5.74) is 22.3. The van der Waals surface area contributed by atoms with Crippen LogP contribution in [0.15, 0.2) is 218 Å². The molecular weight excluding hydrogens is 761 g/mol. The Morgan fingerprint density at radius 2 is 0.905 bits per heavy atom. The highest BCUT2D eigenvalue weighted by Crippen LogP contribution is 2.53.